The Balaban J connectivity index is 1.90. The van der Waals surface area contributed by atoms with Crippen LogP contribution in [-0.2, 0) is 14.2 Å². The van der Waals surface area contributed by atoms with E-state index in [1.165, 1.54) is 6.42 Å². The number of hydrogen-bond acceptors (Lipinski definition) is 3. The van der Waals surface area contributed by atoms with Crippen LogP contribution in [0.4, 0.5) is 0 Å². The standard InChI is InChI=1S/C9H14O3/c1-10-8-5-2-6-7(8)4-12-9(6)11-3-5/h5-9H,2-4H2,1H3. The van der Waals surface area contributed by atoms with Gasteiger partial charge < -0.3 is 14.2 Å². The SMILES string of the molecule is COC1C2COC3OCC1C3C2. The van der Waals surface area contributed by atoms with Gasteiger partial charge in [-0.15, -0.1) is 0 Å². The first-order chi connectivity index (χ1) is 5.90. The number of rotatable bonds is 1. The molecule has 0 aromatic rings. The molecule has 3 heteroatoms. The van der Waals surface area contributed by atoms with Gasteiger partial charge in [0.15, 0.2) is 6.29 Å². The van der Waals surface area contributed by atoms with Crippen LogP contribution in [0.15, 0.2) is 0 Å². The Labute approximate surface area is 72.0 Å². The highest BCUT2D eigenvalue weighted by Crippen LogP contribution is 2.49. The van der Waals surface area contributed by atoms with E-state index in [-0.39, 0.29) is 6.29 Å². The molecule has 3 nitrogen and oxygen atoms in total. The molecular weight excluding hydrogens is 156 g/mol. The summed E-state index contributed by atoms with van der Waals surface area (Å²) in [4.78, 5) is 0. The van der Waals surface area contributed by atoms with E-state index in [1.807, 2.05) is 0 Å². The van der Waals surface area contributed by atoms with E-state index < -0.39 is 0 Å². The predicted molar refractivity (Wildman–Crippen MR) is 41.6 cm³/mol. The van der Waals surface area contributed by atoms with Gasteiger partial charge in [0, 0.05) is 24.9 Å². The van der Waals surface area contributed by atoms with E-state index >= 15 is 0 Å². The molecule has 0 N–H and O–H groups in total. The lowest BCUT2D eigenvalue weighted by Gasteiger charge is -2.27. The van der Waals surface area contributed by atoms with Gasteiger partial charge in [-0.2, -0.15) is 0 Å². The van der Waals surface area contributed by atoms with Crippen molar-refractivity contribution in [1.29, 1.82) is 0 Å². The number of methoxy groups -OCH3 is 1. The summed E-state index contributed by atoms with van der Waals surface area (Å²) in [5.41, 5.74) is 0. The van der Waals surface area contributed by atoms with E-state index in [2.05, 4.69) is 0 Å². The zero-order valence-corrected chi connectivity index (χ0v) is 7.23. The third kappa shape index (κ3) is 0.767. The predicted octanol–water partition coefficient (Wildman–Crippen LogP) is 0.640. The first-order valence-electron chi connectivity index (χ1n) is 4.66. The van der Waals surface area contributed by atoms with E-state index in [9.17, 15) is 0 Å². The molecule has 2 aliphatic heterocycles. The first kappa shape index (κ1) is 7.30. The Morgan fingerprint density at radius 2 is 2.00 bits per heavy atom. The molecule has 2 heterocycles. The molecule has 0 spiro atoms. The summed E-state index contributed by atoms with van der Waals surface area (Å²) >= 11 is 0. The van der Waals surface area contributed by atoms with Crippen LogP contribution in [0.25, 0.3) is 0 Å². The van der Waals surface area contributed by atoms with Gasteiger partial charge in [-0.3, -0.25) is 0 Å². The van der Waals surface area contributed by atoms with Crippen LogP contribution in [0.5, 0.6) is 0 Å². The molecule has 0 amide bonds. The summed E-state index contributed by atoms with van der Waals surface area (Å²) in [7, 11) is 1.80. The minimum Gasteiger partial charge on any atom is -0.381 e. The number of hydrogen-bond donors (Lipinski definition) is 0. The Morgan fingerprint density at radius 1 is 1.17 bits per heavy atom. The van der Waals surface area contributed by atoms with E-state index in [0.29, 0.717) is 23.9 Å². The molecule has 3 fully saturated rings. The quantitative estimate of drug-likeness (QED) is 0.578. The van der Waals surface area contributed by atoms with Crippen LogP contribution >= 0.6 is 0 Å². The molecule has 5 atom stereocenters. The Kier molecular flexibility index (Phi) is 1.48. The molecule has 0 radical (unpaired) electrons. The van der Waals surface area contributed by atoms with Crippen LogP contribution in [0, 0.1) is 17.8 Å². The lowest BCUT2D eigenvalue weighted by molar-refractivity contribution is -0.170. The van der Waals surface area contributed by atoms with Crippen molar-refractivity contribution >= 4 is 0 Å². The van der Waals surface area contributed by atoms with E-state index in [0.717, 1.165) is 13.2 Å². The van der Waals surface area contributed by atoms with Crippen LogP contribution in [0.3, 0.4) is 0 Å². The fraction of sp³-hybridized carbons (Fsp3) is 1.00. The highest BCUT2D eigenvalue weighted by atomic mass is 16.7. The Hall–Kier alpha value is -0.120. The highest BCUT2D eigenvalue weighted by molar-refractivity contribution is 4.99. The van der Waals surface area contributed by atoms with Gasteiger partial charge >= 0.3 is 0 Å². The van der Waals surface area contributed by atoms with Gasteiger partial charge in [-0.25, -0.2) is 0 Å². The smallest absolute Gasteiger partial charge is 0.160 e. The average Bonchev–Trinajstić information content (AvgIpc) is 2.56. The third-order valence-corrected chi connectivity index (χ3v) is 3.56. The van der Waals surface area contributed by atoms with Crippen molar-refractivity contribution in [1.82, 2.24) is 0 Å². The van der Waals surface area contributed by atoms with Crippen LogP contribution in [0.1, 0.15) is 6.42 Å². The minimum absolute atomic E-state index is 0.0893. The van der Waals surface area contributed by atoms with E-state index in [1.54, 1.807) is 7.11 Å². The van der Waals surface area contributed by atoms with Crippen molar-refractivity contribution < 1.29 is 14.2 Å². The van der Waals surface area contributed by atoms with Crippen LogP contribution in [-0.4, -0.2) is 32.7 Å². The number of ether oxygens (including phenoxy) is 3. The van der Waals surface area contributed by atoms with Crippen LogP contribution < -0.4 is 0 Å². The van der Waals surface area contributed by atoms with Gasteiger partial charge in [0.2, 0.25) is 0 Å². The molecule has 0 aromatic carbocycles. The lowest BCUT2D eigenvalue weighted by atomic mass is 9.98. The average molecular weight is 170 g/mol. The molecule has 3 rings (SSSR count). The molecule has 68 valence electrons. The summed E-state index contributed by atoms with van der Waals surface area (Å²) in [6.45, 7) is 1.67. The molecule has 2 bridgehead atoms. The van der Waals surface area contributed by atoms with Gasteiger partial charge in [0.1, 0.15) is 0 Å². The molecule has 1 saturated carbocycles. The van der Waals surface area contributed by atoms with Gasteiger partial charge in [0.05, 0.1) is 19.3 Å². The van der Waals surface area contributed by atoms with Crippen molar-refractivity contribution in [3.8, 4) is 0 Å². The Bertz CT molecular complexity index is 194. The molecule has 5 unspecified atom stereocenters. The second-order valence-electron chi connectivity index (χ2n) is 4.06. The van der Waals surface area contributed by atoms with Gasteiger partial charge in [0.25, 0.3) is 0 Å². The fourth-order valence-corrected chi connectivity index (χ4v) is 3.03. The first-order valence-corrected chi connectivity index (χ1v) is 4.66. The Morgan fingerprint density at radius 3 is 2.83 bits per heavy atom. The molecule has 3 aliphatic rings. The largest absolute Gasteiger partial charge is 0.381 e. The highest BCUT2D eigenvalue weighted by Gasteiger charge is 2.54. The maximum atomic E-state index is 5.59. The van der Waals surface area contributed by atoms with Crippen molar-refractivity contribution in [3.63, 3.8) is 0 Å². The third-order valence-electron chi connectivity index (χ3n) is 3.56. The summed E-state index contributed by atoms with van der Waals surface area (Å²) in [5, 5.41) is 0. The van der Waals surface area contributed by atoms with Crippen molar-refractivity contribution in [3.05, 3.63) is 0 Å². The second-order valence-corrected chi connectivity index (χ2v) is 4.06. The summed E-state index contributed by atoms with van der Waals surface area (Å²) in [6.07, 6.45) is 1.72. The van der Waals surface area contributed by atoms with Crippen molar-refractivity contribution in [2.24, 2.45) is 17.8 Å². The monoisotopic (exact) mass is 170 g/mol. The zero-order chi connectivity index (χ0) is 8.13. The molecule has 2 saturated heterocycles. The van der Waals surface area contributed by atoms with Gasteiger partial charge in [-0.1, -0.05) is 0 Å². The van der Waals surface area contributed by atoms with Crippen molar-refractivity contribution in [2.45, 2.75) is 18.8 Å². The topological polar surface area (TPSA) is 27.7 Å². The summed E-state index contributed by atoms with van der Waals surface area (Å²) < 4.78 is 16.6. The molecule has 12 heavy (non-hydrogen) atoms. The second kappa shape index (κ2) is 2.44. The number of fused-ring (bicyclic) bond motifs is 1. The maximum absolute atomic E-state index is 5.59. The van der Waals surface area contributed by atoms with Crippen LogP contribution in [0.2, 0.25) is 0 Å². The van der Waals surface area contributed by atoms with Gasteiger partial charge in [-0.05, 0) is 6.42 Å². The van der Waals surface area contributed by atoms with Crippen molar-refractivity contribution in [2.75, 3.05) is 20.3 Å². The fourth-order valence-electron chi connectivity index (χ4n) is 3.03. The zero-order valence-electron chi connectivity index (χ0n) is 7.23. The normalized spacial score (nSPS) is 56.2. The maximum Gasteiger partial charge on any atom is 0.160 e. The summed E-state index contributed by atoms with van der Waals surface area (Å²) in [6, 6.07) is 0. The molecule has 0 aromatic heterocycles. The molecular formula is C9H14O3. The van der Waals surface area contributed by atoms with E-state index in [4.69, 9.17) is 14.2 Å². The molecule has 1 aliphatic carbocycles. The minimum atomic E-state index is 0.0893. The summed E-state index contributed by atoms with van der Waals surface area (Å²) in [5.74, 6) is 1.85. The lowest BCUT2D eigenvalue weighted by Crippen LogP contribution is -2.31.